The number of nitro groups is 1. The number of nitro benzene ring substituents is 1. The van der Waals surface area contributed by atoms with Gasteiger partial charge in [0.1, 0.15) is 5.78 Å². The van der Waals surface area contributed by atoms with E-state index in [4.69, 9.17) is 0 Å². The Balaban J connectivity index is 1.94. The van der Waals surface area contributed by atoms with Gasteiger partial charge < -0.3 is 0 Å². The van der Waals surface area contributed by atoms with Crippen molar-refractivity contribution in [2.75, 3.05) is 0 Å². The molecule has 0 saturated heterocycles. The van der Waals surface area contributed by atoms with Crippen molar-refractivity contribution < 1.29 is 9.72 Å². The number of fused-ring (bicyclic) bond motifs is 2. The molecule has 0 heterocycles. The fourth-order valence-corrected chi connectivity index (χ4v) is 3.65. The van der Waals surface area contributed by atoms with E-state index < -0.39 is 4.92 Å². The quantitative estimate of drug-likeness (QED) is 0.475. The van der Waals surface area contributed by atoms with E-state index in [-0.39, 0.29) is 23.3 Å². The molecule has 1 fully saturated rings. The highest BCUT2D eigenvalue weighted by molar-refractivity contribution is 5.81. The van der Waals surface area contributed by atoms with E-state index in [1.807, 2.05) is 0 Å². The molecule has 4 heteroatoms. The standard InChI is InChI=1S/C15H15NO3/c1-9(17)14-11-2-3-12(8-11)15(14)10-4-6-13(7-5-10)16(18)19/h2-7,11-12,14-15H,8H2,1H3/t11-,12+,14-,15-/m0/s1. The number of Topliss-reactive ketones (excluding diaryl/α,β-unsaturated/α-hetero) is 1. The molecule has 1 saturated carbocycles. The lowest BCUT2D eigenvalue weighted by Gasteiger charge is -2.26. The molecule has 3 rings (SSSR count). The summed E-state index contributed by atoms with van der Waals surface area (Å²) >= 11 is 0. The second-order valence-electron chi connectivity index (χ2n) is 5.46. The van der Waals surface area contributed by atoms with E-state index in [1.54, 1.807) is 19.1 Å². The average molecular weight is 257 g/mol. The summed E-state index contributed by atoms with van der Waals surface area (Å²) in [5.41, 5.74) is 1.14. The van der Waals surface area contributed by atoms with Crippen LogP contribution in [0.2, 0.25) is 0 Å². The molecule has 0 unspecified atom stereocenters. The number of nitrogens with zero attached hydrogens (tertiary/aromatic N) is 1. The van der Waals surface area contributed by atoms with Gasteiger partial charge in [-0.2, -0.15) is 0 Å². The van der Waals surface area contributed by atoms with Gasteiger partial charge in [-0.25, -0.2) is 0 Å². The van der Waals surface area contributed by atoms with Crippen molar-refractivity contribution in [3.63, 3.8) is 0 Å². The number of carbonyl (C=O) groups is 1. The SMILES string of the molecule is CC(=O)[C@@H]1[C@@H](c2ccc([N+](=O)[O-])cc2)[C@@H]2C=C[C@H]1C2. The summed E-state index contributed by atoms with van der Waals surface area (Å²) in [4.78, 5) is 22.1. The van der Waals surface area contributed by atoms with Crippen LogP contribution in [0, 0.1) is 27.9 Å². The number of hydrogen-bond donors (Lipinski definition) is 0. The Morgan fingerprint density at radius 1 is 1.21 bits per heavy atom. The number of hydrogen-bond acceptors (Lipinski definition) is 3. The molecule has 1 aromatic rings. The van der Waals surface area contributed by atoms with Gasteiger partial charge in [0.2, 0.25) is 0 Å². The highest BCUT2D eigenvalue weighted by Gasteiger charge is 2.47. The van der Waals surface area contributed by atoms with Crippen LogP contribution in [0.3, 0.4) is 0 Å². The van der Waals surface area contributed by atoms with Crippen LogP contribution < -0.4 is 0 Å². The Hall–Kier alpha value is -1.97. The Kier molecular flexibility index (Phi) is 2.73. The third kappa shape index (κ3) is 1.87. The first kappa shape index (κ1) is 12.1. The predicted molar refractivity (Wildman–Crippen MR) is 70.7 cm³/mol. The smallest absolute Gasteiger partial charge is 0.269 e. The first-order chi connectivity index (χ1) is 9.08. The molecule has 0 amide bonds. The summed E-state index contributed by atoms with van der Waals surface area (Å²) < 4.78 is 0. The lowest BCUT2D eigenvalue weighted by Crippen LogP contribution is -2.24. The van der Waals surface area contributed by atoms with Crippen molar-refractivity contribution in [2.45, 2.75) is 19.3 Å². The molecule has 98 valence electrons. The lowest BCUT2D eigenvalue weighted by atomic mass is 9.77. The zero-order valence-corrected chi connectivity index (χ0v) is 10.7. The molecule has 2 aliphatic carbocycles. The molecule has 4 nitrogen and oxygen atoms in total. The molecular formula is C15H15NO3. The Morgan fingerprint density at radius 2 is 1.84 bits per heavy atom. The maximum atomic E-state index is 11.9. The van der Waals surface area contributed by atoms with E-state index >= 15 is 0 Å². The van der Waals surface area contributed by atoms with Crippen molar-refractivity contribution in [1.29, 1.82) is 0 Å². The minimum Gasteiger partial charge on any atom is -0.300 e. The zero-order chi connectivity index (χ0) is 13.6. The van der Waals surface area contributed by atoms with Crippen molar-refractivity contribution in [1.82, 2.24) is 0 Å². The Bertz CT molecular complexity index is 561. The maximum absolute atomic E-state index is 11.9. The highest BCUT2D eigenvalue weighted by atomic mass is 16.6. The summed E-state index contributed by atoms with van der Waals surface area (Å²) in [6, 6.07) is 6.66. The number of ketones is 1. The van der Waals surface area contributed by atoms with E-state index in [1.165, 1.54) is 12.1 Å². The minimum absolute atomic E-state index is 0.0384. The molecule has 2 bridgehead atoms. The van der Waals surface area contributed by atoms with Crippen molar-refractivity contribution in [3.05, 3.63) is 52.1 Å². The van der Waals surface area contributed by atoms with E-state index in [0.717, 1.165) is 12.0 Å². The fraction of sp³-hybridized carbons (Fsp3) is 0.400. The summed E-state index contributed by atoms with van der Waals surface area (Å²) in [5.74, 6) is 1.20. The van der Waals surface area contributed by atoms with Crippen LogP contribution in [-0.2, 0) is 4.79 Å². The summed E-state index contributed by atoms with van der Waals surface area (Å²) in [6.45, 7) is 1.65. The van der Waals surface area contributed by atoms with Gasteiger partial charge in [0.05, 0.1) is 4.92 Å². The van der Waals surface area contributed by atoms with Crippen molar-refractivity contribution in [2.24, 2.45) is 17.8 Å². The molecule has 0 aliphatic heterocycles. The van der Waals surface area contributed by atoms with Crippen LogP contribution >= 0.6 is 0 Å². The van der Waals surface area contributed by atoms with Gasteiger partial charge in [0.25, 0.3) is 5.69 Å². The van der Waals surface area contributed by atoms with Crippen LogP contribution in [0.5, 0.6) is 0 Å². The first-order valence-electron chi connectivity index (χ1n) is 6.51. The van der Waals surface area contributed by atoms with Gasteiger partial charge >= 0.3 is 0 Å². The molecule has 0 spiro atoms. The van der Waals surface area contributed by atoms with Gasteiger partial charge in [-0.1, -0.05) is 24.3 Å². The molecule has 1 aromatic carbocycles. The molecule has 19 heavy (non-hydrogen) atoms. The second-order valence-corrected chi connectivity index (χ2v) is 5.46. The van der Waals surface area contributed by atoms with E-state index in [9.17, 15) is 14.9 Å². The van der Waals surface area contributed by atoms with Gasteiger partial charge in [-0.15, -0.1) is 0 Å². The number of benzene rings is 1. The topological polar surface area (TPSA) is 60.2 Å². The minimum atomic E-state index is -0.396. The van der Waals surface area contributed by atoms with Crippen LogP contribution in [-0.4, -0.2) is 10.7 Å². The molecule has 4 atom stereocenters. The second kappa shape index (κ2) is 4.30. The largest absolute Gasteiger partial charge is 0.300 e. The Morgan fingerprint density at radius 3 is 2.42 bits per heavy atom. The zero-order valence-electron chi connectivity index (χ0n) is 10.7. The third-order valence-corrected chi connectivity index (χ3v) is 4.42. The first-order valence-corrected chi connectivity index (χ1v) is 6.51. The monoisotopic (exact) mass is 257 g/mol. The molecule has 0 N–H and O–H groups in total. The third-order valence-electron chi connectivity index (χ3n) is 4.42. The normalized spacial score (nSPS) is 31.6. The van der Waals surface area contributed by atoms with Crippen LogP contribution in [0.4, 0.5) is 5.69 Å². The Labute approximate surface area is 111 Å². The van der Waals surface area contributed by atoms with E-state index in [2.05, 4.69) is 12.2 Å². The number of rotatable bonds is 3. The van der Waals surface area contributed by atoms with Gasteiger partial charge in [-0.3, -0.25) is 14.9 Å². The fourth-order valence-electron chi connectivity index (χ4n) is 3.65. The predicted octanol–water partition coefficient (Wildman–Crippen LogP) is 3.09. The molecular weight excluding hydrogens is 242 g/mol. The van der Waals surface area contributed by atoms with Gasteiger partial charge in [0, 0.05) is 24.0 Å². The summed E-state index contributed by atoms with van der Waals surface area (Å²) in [5, 5.41) is 10.7. The van der Waals surface area contributed by atoms with Crippen LogP contribution in [0.15, 0.2) is 36.4 Å². The molecule has 0 radical (unpaired) electrons. The van der Waals surface area contributed by atoms with Crippen molar-refractivity contribution in [3.8, 4) is 0 Å². The van der Waals surface area contributed by atoms with E-state index in [0.29, 0.717) is 11.8 Å². The van der Waals surface area contributed by atoms with Gasteiger partial charge in [-0.05, 0) is 30.7 Å². The van der Waals surface area contributed by atoms with Crippen molar-refractivity contribution >= 4 is 11.5 Å². The maximum Gasteiger partial charge on any atom is 0.269 e. The summed E-state index contributed by atoms with van der Waals surface area (Å²) in [7, 11) is 0. The molecule has 2 aliphatic rings. The van der Waals surface area contributed by atoms with Crippen LogP contribution in [0.1, 0.15) is 24.8 Å². The number of non-ortho nitro benzene ring substituents is 1. The highest BCUT2D eigenvalue weighted by Crippen LogP contribution is 2.53. The molecule has 0 aromatic heterocycles. The average Bonchev–Trinajstić information content (AvgIpc) is 2.98. The summed E-state index contributed by atoms with van der Waals surface area (Å²) in [6.07, 6.45) is 5.38. The number of carbonyl (C=O) groups excluding carboxylic acids is 1. The van der Waals surface area contributed by atoms with Gasteiger partial charge in [0.15, 0.2) is 0 Å². The lowest BCUT2D eigenvalue weighted by molar-refractivity contribution is -0.384. The number of allylic oxidation sites excluding steroid dienone is 2. The van der Waals surface area contributed by atoms with Crippen LogP contribution in [0.25, 0.3) is 0 Å².